The topological polar surface area (TPSA) is 116 Å². The summed E-state index contributed by atoms with van der Waals surface area (Å²) in [4.78, 5) is 31.6. The van der Waals surface area contributed by atoms with Gasteiger partial charge in [0, 0.05) is 24.6 Å². The van der Waals surface area contributed by atoms with E-state index in [1.807, 2.05) is 0 Å². The second-order valence-corrected chi connectivity index (χ2v) is 6.01. The summed E-state index contributed by atoms with van der Waals surface area (Å²) in [6, 6.07) is 6.31. The predicted molar refractivity (Wildman–Crippen MR) is 92.8 cm³/mol. The molecule has 26 heavy (non-hydrogen) atoms. The van der Waals surface area contributed by atoms with Gasteiger partial charge in [-0.2, -0.15) is 0 Å². The zero-order valence-corrected chi connectivity index (χ0v) is 14.3. The number of aromatic nitrogens is 2. The lowest BCUT2D eigenvalue weighted by Crippen LogP contribution is -2.51. The zero-order chi connectivity index (χ0) is 18.5. The smallest absolute Gasteiger partial charge is 0.254 e. The molecular formula is C18H20N4O4. The summed E-state index contributed by atoms with van der Waals surface area (Å²) in [5.74, 6) is 0.425. The van der Waals surface area contributed by atoms with Crippen molar-refractivity contribution in [2.45, 2.75) is 25.5 Å². The molecule has 0 saturated carbocycles. The van der Waals surface area contributed by atoms with Gasteiger partial charge in [0.05, 0.1) is 18.2 Å². The summed E-state index contributed by atoms with van der Waals surface area (Å²) < 4.78 is 11.4. The van der Waals surface area contributed by atoms with Crippen molar-refractivity contribution in [2.75, 3.05) is 13.2 Å². The van der Waals surface area contributed by atoms with Crippen LogP contribution < -0.4 is 15.8 Å². The number of amides is 2. The van der Waals surface area contributed by atoms with Gasteiger partial charge < -0.3 is 20.5 Å². The summed E-state index contributed by atoms with van der Waals surface area (Å²) in [5, 5.41) is 2.96. The number of primary amides is 1. The minimum absolute atomic E-state index is 0.214. The molecule has 1 aromatic carbocycles. The summed E-state index contributed by atoms with van der Waals surface area (Å²) >= 11 is 0. The molecule has 0 unspecified atom stereocenters. The maximum atomic E-state index is 12.4. The lowest BCUT2D eigenvalue weighted by molar-refractivity contribution is -0.0135. The average Bonchev–Trinajstić information content (AvgIpc) is 2.64. The molecule has 1 aliphatic heterocycles. The molecule has 8 heteroatoms. The maximum absolute atomic E-state index is 12.4. The summed E-state index contributed by atoms with van der Waals surface area (Å²) in [5.41, 5.74) is 6.03. The largest absolute Gasteiger partial charge is 0.486 e. The molecule has 2 amide bonds. The standard InChI is InChI=1S/C18H20N4O4/c1-11-20-8-13(9-21-11)18(24)22-15-6-7-25-10-16(15)26-14-4-2-12(3-5-14)17(19)23/h2-5,8-9,15-16H,6-7,10H2,1H3,(H2,19,23)(H,22,24)/t15-,16-/m1/s1. The highest BCUT2D eigenvalue weighted by Gasteiger charge is 2.29. The molecule has 2 atom stereocenters. The van der Waals surface area contributed by atoms with Gasteiger partial charge >= 0.3 is 0 Å². The Morgan fingerprint density at radius 2 is 1.88 bits per heavy atom. The van der Waals surface area contributed by atoms with Crippen molar-refractivity contribution < 1.29 is 19.1 Å². The van der Waals surface area contributed by atoms with E-state index in [2.05, 4.69) is 15.3 Å². The van der Waals surface area contributed by atoms with Gasteiger partial charge in [0.2, 0.25) is 5.91 Å². The highest BCUT2D eigenvalue weighted by atomic mass is 16.5. The Labute approximate surface area is 150 Å². The van der Waals surface area contributed by atoms with Crippen LogP contribution in [0.3, 0.4) is 0 Å². The van der Waals surface area contributed by atoms with Crippen molar-refractivity contribution in [3.8, 4) is 5.75 Å². The van der Waals surface area contributed by atoms with Crippen molar-refractivity contribution in [1.29, 1.82) is 0 Å². The minimum Gasteiger partial charge on any atom is -0.486 e. The predicted octanol–water partition coefficient (Wildman–Crippen LogP) is 0.850. The van der Waals surface area contributed by atoms with E-state index in [0.29, 0.717) is 42.3 Å². The number of benzene rings is 1. The van der Waals surface area contributed by atoms with Crippen LogP contribution in [-0.2, 0) is 4.74 Å². The quantitative estimate of drug-likeness (QED) is 0.820. The van der Waals surface area contributed by atoms with Gasteiger partial charge in [-0.1, -0.05) is 0 Å². The number of rotatable bonds is 5. The number of ether oxygens (including phenoxy) is 2. The van der Waals surface area contributed by atoms with E-state index in [-0.39, 0.29) is 18.1 Å². The number of nitrogens with one attached hydrogen (secondary N) is 1. The van der Waals surface area contributed by atoms with E-state index in [1.54, 1.807) is 31.2 Å². The van der Waals surface area contributed by atoms with E-state index in [0.717, 1.165) is 0 Å². The number of aryl methyl sites for hydroxylation is 1. The molecule has 1 fully saturated rings. The van der Waals surface area contributed by atoms with Gasteiger partial charge in [-0.15, -0.1) is 0 Å². The number of nitrogens with zero attached hydrogens (tertiary/aromatic N) is 2. The molecule has 2 aromatic rings. The summed E-state index contributed by atoms with van der Waals surface area (Å²) in [6.45, 7) is 2.65. The fraction of sp³-hybridized carbons (Fsp3) is 0.333. The SMILES string of the molecule is Cc1ncc(C(=O)N[C@@H]2CCOC[C@H]2Oc2ccc(C(N)=O)cc2)cn1. The molecule has 1 saturated heterocycles. The van der Waals surface area contributed by atoms with Crippen LogP contribution in [0, 0.1) is 6.92 Å². The second-order valence-electron chi connectivity index (χ2n) is 6.01. The molecule has 8 nitrogen and oxygen atoms in total. The number of hydrogen-bond acceptors (Lipinski definition) is 6. The molecule has 0 aliphatic carbocycles. The van der Waals surface area contributed by atoms with Crippen LogP contribution in [0.15, 0.2) is 36.7 Å². The molecule has 3 rings (SSSR count). The van der Waals surface area contributed by atoms with Crippen molar-refractivity contribution in [1.82, 2.24) is 15.3 Å². The van der Waals surface area contributed by atoms with Crippen LogP contribution in [0.4, 0.5) is 0 Å². The van der Waals surface area contributed by atoms with Gasteiger partial charge in [0.1, 0.15) is 17.7 Å². The zero-order valence-electron chi connectivity index (χ0n) is 14.3. The van der Waals surface area contributed by atoms with Gasteiger partial charge in [-0.25, -0.2) is 9.97 Å². The molecule has 0 bridgehead atoms. The Morgan fingerprint density at radius 3 is 2.54 bits per heavy atom. The summed E-state index contributed by atoms with van der Waals surface area (Å²) in [7, 11) is 0. The molecule has 1 aliphatic rings. The van der Waals surface area contributed by atoms with Crippen LogP contribution in [0.2, 0.25) is 0 Å². The summed E-state index contributed by atoms with van der Waals surface area (Å²) in [6.07, 6.45) is 3.27. The van der Waals surface area contributed by atoms with E-state index < -0.39 is 5.91 Å². The first kappa shape index (κ1) is 17.8. The fourth-order valence-corrected chi connectivity index (χ4v) is 2.63. The van der Waals surface area contributed by atoms with Gasteiger partial charge in [-0.3, -0.25) is 9.59 Å². The number of carbonyl (C=O) groups is 2. The van der Waals surface area contributed by atoms with Crippen LogP contribution in [0.1, 0.15) is 33.0 Å². The molecule has 3 N–H and O–H groups in total. The Bertz CT molecular complexity index is 777. The van der Waals surface area contributed by atoms with E-state index in [4.69, 9.17) is 15.2 Å². The number of nitrogens with two attached hydrogens (primary N) is 1. The highest BCUT2D eigenvalue weighted by molar-refractivity contribution is 5.94. The van der Waals surface area contributed by atoms with Crippen molar-refractivity contribution in [2.24, 2.45) is 5.73 Å². The Hall–Kier alpha value is -3.00. The average molecular weight is 356 g/mol. The van der Waals surface area contributed by atoms with E-state index in [1.165, 1.54) is 12.4 Å². The Balaban J connectivity index is 1.66. The van der Waals surface area contributed by atoms with Crippen LogP contribution in [-0.4, -0.2) is 47.1 Å². The Morgan fingerprint density at radius 1 is 1.19 bits per heavy atom. The molecule has 0 spiro atoms. The number of hydrogen-bond donors (Lipinski definition) is 2. The molecule has 2 heterocycles. The van der Waals surface area contributed by atoms with Gasteiger partial charge in [0.25, 0.3) is 5.91 Å². The lowest BCUT2D eigenvalue weighted by atomic mass is 10.1. The van der Waals surface area contributed by atoms with Crippen LogP contribution in [0.25, 0.3) is 0 Å². The third kappa shape index (κ3) is 4.34. The van der Waals surface area contributed by atoms with E-state index >= 15 is 0 Å². The van der Waals surface area contributed by atoms with Crippen molar-refractivity contribution >= 4 is 11.8 Å². The third-order valence-corrected chi connectivity index (χ3v) is 4.09. The lowest BCUT2D eigenvalue weighted by Gasteiger charge is -2.32. The van der Waals surface area contributed by atoms with Gasteiger partial charge in [0.15, 0.2) is 0 Å². The van der Waals surface area contributed by atoms with Crippen LogP contribution in [0.5, 0.6) is 5.75 Å². The minimum atomic E-state index is -0.497. The third-order valence-electron chi connectivity index (χ3n) is 4.09. The first-order valence-electron chi connectivity index (χ1n) is 8.26. The van der Waals surface area contributed by atoms with Gasteiger partial charge in [-0.05, 0) is 37.6 Å². The van der Waals surface area contributed by atoms with E-state index in [9.17, 15) is 9.59 Å². The molecule has 0 radical (unpaired) electrons. The van der Waals surface area contributed by atoms with Crippen molar-refractivity contribution in [3.63, 3.8) is 0 Å². The first-order valence-corrected chi connectivity index (χ1v) is 8.26. The Kier molecular flexibility index (Phi) is 5.43. The second kappa shape index (κ2) is 7.92. The first-order chi connectivity index (χ1) is 12.5. The normalized spacial score (nSPS) is 19.6. The maximum Gasteiger partial charge on any atom is 0.254 e. The monoisotopic (exact) mass is 356 g/mol. The number of carbonyl (C=O) groups excluding carboxylic acids is 2. The van der Waals surface area contributed by atoms with Crippen molar-refractivity contribution in [3.05, 3.63) is 53.6 Å². The molecule has 1 aromatic heterocycles. The highest BCUT2D eigenvalue weighted by Crippen LogP contribution is 2.19. The molecule has 136 valence electrons. The van der Waals surface area contributed by atoms with Crippen LogP contribution >= 0.6 is 0 Å². The molecular weight excluding hydrogens is 336 g/mol. The fourth-order valence-electron chi connectivity index (χ4n) is 2.63.